The van der Waals surface area contributed by atoms with E-state index in [1.165, 1.54) is 6.42 Å². The molecule has 0 amide bonds. The lowest BCUT2D eigenvalue weighted by Crippen LogP contribution is -2.34. The van der Waals surface area contributed by atoms with Crippen LogP contribution in [0.5, 0.6) is 0 Å². The molecule has 4 heteroatoms. The summed E-state index contributed by atoms with van der Waals surface area (Å²) in [6.07, 6.45) is 2.97. The van der Waals surface area contributed by atoms with Gasteiger partial charge in [0.2, 0.25) is 0 Å². The monoisotopic (exact) mass is 206 g/mol. The maximum Gasteiger partial charge on any atom is 0.0754 e. The van der Waals surface area contributed by atoms with E-state index in [0.29, 0.717) is 6.54 Å². The van der Waals surface area contributed by atoms with Crippen molar-refractivity contribution < 1.29 is 5.11 Å². The predicted molar refractivity (Wildman–Crippen MR) is 60.4 cm³/mol. The number of rotatable bonds is 9. The van der Waals surface area contributed by atoms with Crippen molar-refractivity contribution in [3.8, 4) is 0 Å². The van der Waals surface area contributed by atoms with Crippen LogP contribution in [-0.4, -0.2) is 49.4 Å². The minimum atomic E-state index is -0.207. The molecule has 0 saturated carbocycles. The Morgan fingerprint density at radius 3 is 2.54 bits per heavy atom. The standard InChI is InChI=1S/C9H22N2OS/c1-3-4-10-5-6-11-7-9(12)8-13-2/h9-12H,3-8H2,1-2H3. The largest absolute Gasteiger partial charge is 0.391 e. The Hall–Kier alpha value is 0.230. The van der Waals surface area contributed by atoms with E-state index >= 15 is 0 Å². The lowest BCUT2D eigenvalue weighted by atomic mass is 10.4. The van der Waals surface area contributed by atoms with Gasteiger partial charge in [-0.3, -0.25) is 0 Å². The summed E-state index contributed by atoms with van der Waals surface area (Å²) in [5.41, 5.74) is 0. The van der Waals surface area contributed by atoms with Crippen LogP contribution in [0.4, 0.5) is 0 Å². The summed E-state index contributed by atoms with van der Waals surface area (Å²) >= 11 is 1.68. The maximum atomic E-state index is 9.35. The summed E-state index contributed by atoms with van der Waals surface area (Å²) in [5, 5.41) is 15.8. The van der Waals surface area contributed by atoms with Crippen LogP contribution in [0.1, 0.15) is 13.3 Å². The first kappa shape index (κ1) is 13.2. The Bertz CT molecular complexity index is 104. The third-order valence-electron chi connectivity index (χ3n) is 1.64. The molecule has 0 aliphatic heterocycles. The van der Waals surface area contributed by atoms with Crippen LogP contribution < -0.4 is 10.6 Å². The molecule has 1 unspecified atom stereocenters. The number of hydrogen-bond acceptors (Lipinski definition) is 4. The molecule has 0 heterocycles. The molecule has 0 fully saturated rings. The molecule has 0 spiro atoms. The molecule has 3 N–H and O–H groups in total. The highest BCUT2D eigenvalue weighted by Crippen LogP contribution is 1.94. The molecule has 0 aromatic rings. The number of aliphatic hydroxyl groups excluding tert-OH is 1. The van der Waals surface area contributed by atoms with E-state index in [2.05, 4.69) is 17.6 Å². The zero-order valence-electron chi connectivity index (χ0n) is 8.68. The number of hydrogen-bond donors (Lipinski definition) is 3. The van der Waals surface area contributed by atoms with Gasteiger partial charge in [-0.05, 0) is 19.2 Å². The molecule has 0 aromatic heterocycles. The van der Waals surface area contributed by atoms with Crippen molar-refractivity contribution in [1.29, 1.82) is 0 Å². The fraction of sp³-hybridized carbons (Fsp3) is 1.00. The highest BCUT2D eigenvalue weighted by molar-refractivity contribution is 7.98. The summed E-state index contributed by atoms with van der Waals surface area (Å²) < 4.78 is 0. The van der Waals surface area contributed by atoms with Gasteiger partial charge in [0.1, 0.15) is 0 Å². The third kappa shape index (κ3) is 10.1. The Kier molecular flexibility index (Phi) is 10.5. The molecular formula is C9H22N2OS. The normalized spacial score (nSPS) is 13.2. The van der Waals surface area contributed by atoms with Gasteiger partial charge in [0, 0.05) is 25.4 Å². The smallest absolute Gasteiger partial charge is 0.0754 e. The molecule has 0 bridgehead atoms. The topological polar surface area (TPSA) is 44.3 Å². The van der Waals surface area contributed by atoms with Crippen molar-refractivity contribution in [2.24, 2.45) is 0 Å². The van der Waals surface area contributed by atoms with E-state index in [1.54, 1.807) is 11.8 Å². The van der Waals surface area contributed by atoms with E-state index in [1.807, 2.05) is 6.26 Å². The van der Waals surface area contributed by atoms with Gasteiger partial charge < -0.3 is 15.7 Å². The highest BCUT2D eigenvalue weighted by Gasteiger charge is 2.00. The number of thioether (sulfide) groups is 1. The van der Waals surface area contributed by atoms with E-state index in [4.69, 9.17) is 0 Å². The van der Waals surface area contributed by atoms with Crippen molar-refractivity contribution in [2.75, 3.05) is 38.2 Å². The van der Waals surface area contributed by atoms with Crippen molar-refractivity contribution in [3.63, 3.8) is 0 Å². The lowest BCUT2D eigenvalue weighted by Gasteiger charge is -2.10. The van der Waals surface area contributed by atoms with Crippen LogP contribution in [0.15, 0.2) is 0 Å². The second kappa shape index (κ2) is 10.3. The summed E-state index contributed by atoms with van der Waals surface area (Å²) in [7, 11) is 0. The lowest BCUT2D eigenvalue weighted by molar-refractivity contribution is 0.196. The SMILES string of the molecule is CCCNCCNCC(O)CSC. The van der Waals surface area contributed by atoms with Gasteiger partial charge in [-0.1, -0.05) is 6.92 Å². The van der Waals surface area contributed by atoms with Crippen LogP contribution in [0, 0.1) is 0 Å². The minimum absolute atomic E-state index is 0.207. The fourth-order valence-electron chi connectivity index (χ4n) is 0.999. The first-order chi connectivity index (χ1) is 6.31. The molecule has 0 radical (unpaired) electrons. The van der Waals surface area contributed by atoms with Crippen LogP contribution in [0.2, 0.25) is 0 Å². The van der Waals surface area contributed by atoms with Crippen LogP contribution in [0.25, 0.3) is 0 Å². The van der Waals surface area contributed by atoms with Crippen molar-refractivity contribution in [3.05, 3.63) is 0 Å². The van der Waals surface area contributed by atoms with E-state index in [-0.39, 0.29) is 6.10 Å². The van der Waals surface area contributed by atoms with Gasteiger partial charge >= 0.3 is 0 Å². The number of nitrogens with one attached hydrogen (secondary N) is 2. The van der Waals surface area contributed by atoms with Crippen molar-refractivity contribution in [2.45, 2.75) is 19.4 Å². The van der Waals surface area contributed by atoms with Gasteiger partial charge in [-0.2, -0.15) is 11.8 Å². The molecule has 0 rings (SSSR count). The van der Waals surface area contributed by atoms with Gasteiger partial charge in [0.05, 0.1) is 6.10 Å². The first-order valence-corrected chi connectivity index (χ1v) is 6.29. The molecule has 0 saturated heterocycles. The van der Waals surface area contributed by atoms with Crippen LogP contribution >= 0.6 is 11.8 Å². The second-order valence-electron chi connectivity index (χ2n) is 3.06. The average molecular weight is 206 g/mol. The molecule has 3 nitrogen and oxygen atoms in total. The molecule has 0 aromatic carbocycles. The van der Waals surface area contributed by atoms with Crippen LogP contribution in [0.3, 0.4) is 0 Å². The Labute approximate surface area is 85.7 Å². The molecule has 0 aliphatic carbocycles. The molecule has 0 aliphatic rings. The van der Waals surface area contributed by atoms with E-state index in [9.17, 15) is 5.11 Å². The zero-order valence-corrected chi connectivity index (χ0v) is 9.49. The molecule has 80 valence electrons. The summed E-state index contributed by atoms with van der Waals surface area (Å²) in [6, 6.07) is 0. The summed E-state index contributed by atoms with van der Waals surface area (Å²) in [5.74, 6) is 0.815. The van der Waals surface area contributed by atoms with Crippen LogP contribution in [-0.2, 0) is 0 Å². The third-order valence-corrected chi connectivity index (χ3v) is 2.36. The fourth-order valence-corrected chi connectivity index (χ4v) is 1.50. The average Bonchev–Trinajstić information content (AvgIpc) is 2.11. The first-order valence-electron chi connectivity index (χ1n) is 4.89. The van der Waals surface area contributed by atoms with Gasteiger partial charge in [-0.25, -0.2) is 0 Å². The predicted octanol–water partition coefficient (Wildman–Crippen LogP) is 0.300. The van der Waals surface area contributed by atoms with Gasteiger partial charge in [0.15, 0.2) is 0 Å². The Balaban J connectivity index is 2.97. The second-order valence-corrected chi connectivity index (χ2v) is 3.97. The quantitative estimate of drug-likeness (QED) is 0.475. The minimum Gasteiger partial charge on any atom is -0.391 e. The van der Waals surface area contributed by atoms with Gasteiger partial charge in [0.25, 0.3) is 0 Å². The maximum absolute atomic E-state index is 9.35. The van der Waals surface area contributed by atoms with E-state index < -0.39 is 0 Å². The van der Waals surface area contributed by atoms with Crippen molar-refractivity contribution >= 4 is 11.8 Å². The Morgan fingerprint density at radius 1 is 1.23 bits per heavy atom. The van der Waals surface area contributed by atoms with Crippen molar-refractivity contribution in [1.82, 2.24) is 10.6 Å². The Morgan fingerprint density at radius 2 is 1.92 bits per heavy atom. The van der Waals surface area contributed by atoms with Gasteiger partial charge in [-0.15, -0.1) is 0 Å². The molecule has 13 heavy (non-hydrogen) atoms. The summed E-state index contributed by atoms with van der Waals surface area (Å²) in [6.45, 7) is 5.86. The van der Waals surface area contributed by atoms with E-state index in [0.717, 1.165) is 25.4 Å². The highest BCUT2D eigenvalue weighted by atomic mass is 32.2. The zero-order chi connectivity index (χ0) is 9.94. The number of aliphatic hydroxyl groups is 1. The molecular weight excluding hydrogens is 184 g/mol. The summed E-state index contributed by atoms with van der Waals surface area (Å²) in [4.78, 5) is 0. The molecule has 1 atom stereocenters.